The molecule has 0 aliphatic heterocycles. The van der Waals surface area contributed by atoms with E-state index in [1.165, 1.54) is 4.68 Å². The summed E-state index contributed by atoms with van der Waals surface area (Å²) in [6.07, 6.45) is 0. The summed E-state index contributed by atoms with van der Waals surface area (Å²) in [5.41, 5.74) is 13.0. The third-order valence-corrected chi connectivity index (χ3v) is 3.22. The number of nitrogens with zero attached hydrogens (tertiary/aromatic N) is 3. The molecule has 3 aromatic rings. The molecule has 0 spiro atoms. The Morgan fingerprint density at radius 3 is 2.55 bits per heavy atom. The van der Waals surface area contributed by atoms with E-state index in [4.69, 9.17) is 27.8 Å². The maximum Gasteiger partial charge on any atom is 0.241 e. The second-order valence-electron chi connectivity index (χ2n) is 4.66. The summed E-state index contributed by atoms with van der Waals surface area (Å²) in [5, 5.41) is 4.53. The molecule has 22 heavy (non-hydrogen) atoms. The van der Waals surface area contributed by atoms with Gasteiger partial charge in [-0.05, 0) is 17.7 Å². The molecule has 0 atom stereocenters. The van der Waals surface area contributed by atoms with E-state index >= 15 is 0 Å². The fourth-order valence-corrected chi connectivity index (χ4v) is 2.24. The highest BCUT2D eigenvalue weighted by Gasteiger charge is 2.09. The first-order valence-corrected chi connectivity index (χ1v) is 6.95. The second-order valence-corrected chi connectivity index (χ2v) is 5.10. The van der Waals surface area contributed by atoms with Gasteiger partial charge in [-0.15, -0.1) is 5.10 Å². The quantitative estimate of drug-likeness (QED) is 0.772. The number of hydrogen-bond donors (Lipinski definition) is 2. The maximum absolute atomic E-state index is 6.13. The van der Waals surface area contributed by atoms with E-state index in [2.05, 4.69) is 10.1 Å². The van der Waals surface area contributed by atoms with Crippen LogP contribution in [0.15, 0.2) is 48.5 Å². The molecule has 4 N–H and O–H groups in total. The topological polar surface area (TPSA) is 92.0 Å². The minimum absolute atomic E-state index is 0.101. The lowest BCUT2D eigenvalue weighted by Crippen LogP contribution is -2.03. The van der Waals surface area contributed by atoms with Crippen molar-refractivity contribution >= 4 is 23.5 Å². The first-order chi connectivity index (χ1) is 10.6. The zero-order valence-corrected chi connectivity index (χ0v) is 12.4. The SMILES string of the molecule is Nc1nc(N)n(-c2cc(Cl)cc(OCc3ccccc3)c2)n1. The van der Waals surface area contributed by atoms with Gasteiger partial charge in [0.15, 0.2) is 0 Å². The number of ether oxygens (including phenoxy) is 1. The van der Waals surface area contributed by atoms with Crippen LogP contribution in [0.1, 0.15) is 5.56 Å². The Kier molecular flexibility index (Phi) is 3.84. The van der Waals surface area contributed by atoms with Crippen molar-refractivity contribution in [1.82, 2.24) is 14.8 Å². The molecule has 7 heteroatoms. The molecular formula is C15H14ClN5O. The molecule has 1 heterocycles. The van der Waals surface area contributed by atoms with E-state index in [0.29, 0.717) is 23.1 Å². The zero-order valence-electron chi connectivity index (χ0n) is 11.6. The van der Waals surface area contributed by atoms with Crippen molar-refractivity contribution in [2.45, 2.75) is 6.61 Å². The van der Waals surface area contributed by atoms with Crippen LogP contribution in [0.2, 0.25) is 5.02 Å². The molecular weight excluding hydrogens is 302 g/mol. The first kappa shape index (κ1) is 14.2. The third kappa shape index (κ3) is 3.12. The van der Waals surface area contributed by atoms with Crippen molar-refractivity contribution in [1.29, 1.82) is 0 Å². The largest absolute Gasteiger partial charge is 0.489 e. The lowest BCUT2D eigenvalue weighted by atomic mass is 10.2. The fourth-order valence-electron chi connectivity index (χ4n) is 2.03. The van der Waals surface area contributed by atoms with E-state index in [-0.39, 0.29) is 11.9 Å². The van der Waals surface area contributed by atoms with Crippen LogP contribution in [0.5, 0.6) is 5.75 Å². The number of hydrogen-bond acceptors (Lipinski definition) is 5. The van der Waals surface area contributed by atoms with Crippen LogP contribution in [0.3, 0.4) is 0 Å². The van der Waals surface area contributed by atoms with Crippen LogP contribution in [-0.4, -0.2) is 14.8 Å². The van der Waals surface area contributed by atoms with Crippen LogP contribution in [0.25, 0.3) is 5.69 Å². The predicted octanol–water partition coefficient (Wildman–Crippen LogP) is 2.66. The van der Waals surface area contributed by atoms with Gasteiger partial charge in [0, 0.05) is 11.1 Å². The standard InChI is InChI=1S/C15H14ClN5O/c16-11-6-12(21-15(18)19-14(17)20-21)8-13(7-11)22-9-10-4-2-1-3-5-10/h1-8H,9H2,(H4,17,18,19,20). The van der Waals surface area contributed by atoms with Crippen molar-refractivity contribution < 1.29 is 4.74 Å². The van der Waals surface area contributed by atoms with Crippen LogP contribution in [-0.2, 0) is 6.61 Å². The molecule has 0 aliphatic carbocycles. The Morgan fingerprint density at radius 1 is 1.09 bits per heavy atom. The van der Waals surface area contributed by atoms with Gasteiger partial charge < -0.3 is 16.2 Å². The van der Waals surface area contributed by atoms with Crippen molar-refractivity contribution in [3.05, 3.63) is 59.1 Å². The highest BCUT2D eigenvalue weighted by molar-refractivity contribution is 6.30. The Labute approximate surface area is 132 Å². The molecule has 3 rings (SSSR count). The van der Waals surface area contributed by atoms with Gasteiger partial charge >= 0.3 is 0 Å². The number of nitrogen functional groups attached to an aromatic ring is 2. The molecule has 0 unspecified atom stereocenters. The average Bonchev–Trinajstić information content (AvgIpc) is 2.84. The molecule has 6 nitrogen and oxygen atoms in total. The molecule has 0 fully saturated rings. The molecule has 0 saturated carbocycles. The predicted molar refractivity (Wildman–Crippen MR) is 86.0 cm³/mol. The minimum Gasteiger partial charge on any atom is -0.489 e. The van der Waals surface area contributed by atoms with Gasteiger partial charge in [0.1, 0.15) is 12.4 Å². The van der Waals surface area contributed by atoms with Crippen LogP contribution >= 0.6 is 11.6 Å². The smallest absolute Gasteiger partial charge is 0.241 e. The highest BCUT2D eigenvalue weighted by atomic mass is 35.5. The Bertz CT molecular complexity index is 788. The van der Waals surface area contributed by atoms with E-state index in [9.17, 15) is 0 Å². The van der Waals surface area contributed by atoms with Gasteiger partial charge in [-0.25, -0.2) is 0 Å². The summed E-state index contributed by atoms with van der Waals surface area (Å²) in [6.45, 7) is 0.440. The molecule has 1 aromatic heterocycles. The maximum atomic E-state index is 6.13. The summed E-state index contributed by atoms with van der Waals surface area (Å²) in [7, 11) is 0. The van der Waals surface area contributed by atoms with E-state index in [1.54, 1.807) is 18.2 Å². The van der Waals surface area contributed by atoms with Crippen molar-refractivity contribution in [2.75, 3.05) is 11.5 Å². The first-order valence-electron chi connectivity index (χ1n) is 6.57. The van der Waals surface area contributed by atoms with Crippen molar-refractivity contribution in [3.63, 3.8) is 0 Å². The second kappa shape index (κ2) is 5.95. The number of anilines is 2. The Morgan fingerprint density at radius 2 is 1.86 bits per heavy atom. The van der Waals surface area contributed by atoms with Gasteiger partial charge in [-0.2, -0.15) is 9.67 Å². The number of aromatic nitrogens is 3. The van der Waals surface area contributed by atoms with E-state index in [1.807, 2.05) is 30.3 Å². The van der Waals surface area contributed by atoms with Crippen molar-refractivity contribution in [3.8, 4) is 11.4 Å². The van der Waals surface area contributed by atoms with E-state index < -0.39 is 0 Å². The van der Waals surface area contributed by atoms with E-state index in [0.717, 1.165) is 5.56 Å². The number of halogens is 1. The summed E-state index contributed by atoms with van der Waals surface area (Å²) < 4.78 is 7.18. The highest BCUT2D eigenvalue weighted by Crippen LogP contribution is 2.25. The van der Waals surface area contributed by atoms with Gasteiger partial charge in [0.25, 0.3) is 0 Å². The fraction of sp³-hybridized carbons (Fsp3) is 0.0667. The van der Waals surface area contributed by atoms with Gasteiger partial charge in [-0.3, -0.25) is 0 Å². The summed E-state index contributed by atoms with van der Waals surface area (Å²) in [4.78, 5) is 3.86. The third-order valence-electron chi connectivity index (χ3n) is 3.00. The summed E-state index contributed by atoms with van der Waals surface area (Å²) in [6, 6.07) is 15.1. The number of rotatable bonds is 4. The molecule has 0 bridgehead atoms. The number of benzene rings is 2. The van der Waals surface area contributed by atoms with Gasteiger partial charge in [-0.1, -0.05) is 41.9 Å². The zero-order chi connectivity index (χ0) is 15.5. The lowest BCUT2D eigenvalue weighted by molar-refractivity contribution is 0.306. The molecule has 0 amide bonds. The van der Waals surface area contributed by atoms with Gasteiger partial charge in [0.2, 0.25) is 11.9 Å². The van der Waals surface area contributed by atoms with Crippen LogP contribution in [0.4, 0.5) is 11.9 Å². The summed E-state index contributed by atoms with van der Waals surface area (Å²) >= 11 is 6.13. The molecule has 0 saturated heterocycles. The number of nitrogens with two attached hydrogens (primary N) is 2. The Hall–Kier alpha value is -2.73. The molecule has 112 valence electrons. The van der Waals surface area contributed by atoms with Crippen LogP contribution < -0.4 is 16.2 Å². The average molecular weight is 316 g/mol. The van der Waals surface area contributed by atoms with Gasteiger partial charge in [0.05, 0.1) is 5.69 Å². The lowest BCUT2D eigenvalue weighted by Gasteiger charge is -2.09. The normalized spacial score (nSPS) is 10.6. The monoisotopic (exact) mass is 315 g/mol. The van der Waals surface area contributed by atoms with Crippen molar-refractivity contribution in [2.24, 2.45) is 0 Å². The van der Waals surface area contributed by atoms with Crippen LogP contribution in [0, 0.1) is 0 Å². The molecule has 0 radical (unpaired) electrons. The Balaban J connectivity index is 1.85. The molecule has 2 aromatic carbocycles. The summed E-state index contributed by atoms with van der Waals surface area (Å²) in [5.74, 6) is 0.901. The minimum atomic E-state index is 0.101. The molecule has 0 aliphatic rings.